The molecule has 2 atom stereocenters. The smallest absolute Gasteiger partial charge is 0.240 e. The summed E-state index contributed by atoms with van der Waals surface area (Å²) in [4.78, 5) is 10.7. The van der Waals surface area contributed by atoms with Crippen molar-refractivity contribution in [1.82, 2.24) is 0 Å². The van der Waals surface area contributed by atoms with Gasteiger partial charge in [0.25, 0.3) is 0 Å². The van der Waals surface area contributed by atoms with Gasteiger partial charge in [-0.25, -0.2) is 0 Å². The lowest BCUT2D eigenvalue weighted by Gasteiger charge is -2.24. The summed E-state index contributed by atoms with van der Waals surface area (Å²) in [7, 11) is 0. The predicted molar refractivity (Wildman–Crippen MR) is 96.6 cm³/mol. The van der Waals surface area contributed by atoms with Crippen LogP contribution in [0.25, 0.3) is 0 Å². The molecule has 0 amide bonds. The fourth-order valence-corrected chi connectivity index (χ4v) is 2.29. The van der Waals surface area contributed by atoms with E-state index in [2.05, 4.69) is 0 Å². The normalized spacial score (nSPS) is 13.0. The molecule has 0 spiro atoms. The SMILES string of the molecule is Cc1ccc(O[NH+]([O-])c2ccc(O)cc2)c(O[NH+]([O-])c2ccc(O)cc2)c1. The molecule has 140 valence electrons. The van der Waals surface area contributed by atoms with Gasteiger partial charge in [-0.15, -0.1) is 10.5 Å². The Hall–Kier alpha value is -3.30. The van der Waals surface area contributed by atoms with Crippen LogP contribution in [0.5, 0.6) is 23.0 Å². The molecule has 0 aromatic heterocycles. The molecule has 3 rings (SSSR count). The molecule has 0 saturated carbocycles. The number of hydrogen-bond donors (Lipinski definition) is 4. The molecular formula is C19H18N2O6. The van der Waals surface area contributed by atoms with Crippen LogP contribution in [0.4, 0.5) is 11.4 Å². The second-order valence-electron chi connectivity index (χ2n) is 5.82. The van der Waals surface area contributed by atoms with Gasteiger partial charge in [0.2, 0.25) is 11.5 Å². The maximum Gasteiger partial charge on any atom is 0.240 e. The lowest BCUT2D eigenvalue weighted by Crippen LogP contribution is -3.05. The average molecular weight is 370 g/mol. The first-order valence-electron chi connectivity index (χ1n) is 8.05. The monoisotopic (exact) mass is 370 g/mol. The van der Waals surface area contributed by atoms with Crippen molar-refractivity contribution in [1.29, 1.82) is 0 Å². The highest BCUT2D eigenvalue weighted by Gasteiger charge is 2.16. The molecule has 3 aromatic rings. The fraction of sp³-hybridized carbons (Fsp3) is 0.0526. The molecule has 4 N–H and O–H groups in total. The van der Waals surface area contributed by atoms with Gasteiger partial charge in [0.1, 0.15) is 11.5 Å². The minimum absolute atomic E-state index is 0.0328. The van der Waals surface area contributed by atoms with E-state index in [4.69, 9.17) is 9.68 Å². The van der Waals surface area contributed by atoms with Gasteiger partial charge in [0, 0.05) is 24.3 Å². The number of rotatable bonds is 6. The summed E-state index contributed by atoms with van der Waals surface area (Å²) in [6.45, 7) is 1.81. The molecule has 3 aromatic carbocycles. The third kappa shape index (κ3) is 4.66. The van der Waals surface area contributed by atoms with E-state index in [1.54, 1.807) is 12.1 Å². The number of quaternary nitrogens is 2. The third-order valence-electron chi connectivity index (χ3n) is 3.71. The van der Waals surface area contributed by atoms with Gasteiger partial charge in [-0.2, -0.15) is 0 Å². The Morgan fingerprint density at radius 2 is 1.11 bits per heavy atom. The number of phenols is 2. The Labute approximate surface area is 155 Å². The predicted octanol–water partition coefficient (Wildman–Crippen LogP) is 1.42. The van der Waals surface area contributed by atoms with Crippen molar-refractivity contribution in [3.8, 4) is 23.0 Å². The number of benzene rings is 3. The first-order chi connectivity index (χ1) is 12.9. The molecule has 0 bridgehead atoms. The van der Waals surface area contributed by atoms with Crippen molar-refractivity contribution < 1.29 is 30.3 Å². The maximum atomic E-state index is 12.3. The van der Waals surface area contributed by atoms with Crippen molar-refractivity contribution in [2.24, 2.45) is 0 Å². The highest BCUT2D eigenvalue weighted by atomic mass is 16.9. The fourth-order valence-electron chi connectivity index (χ4n) is 2.29. The van der Waals surface area contributed by atoms with Crippen molar-refractivity contribution in [3.63, 3.8) is 0 Å². The Morgan fingerprint density at radius 3 is 1.59 bits per heavy atom. The van der Waals surface area contributed by atoms with Crippen LogP contribution in [0.3, 0.4) is 0 Å². The van der Waals surface area contributed by atoms with Gasteiger partial charge in [-0.1, -0.05) is 6.07 Å². The number of phenolic OH excluding ortho intramolecular Hbond substituents is 2. The summed E-state index contributed by atoms with van der Waals surface area (Å²) in [5.74, 6) is 0.252. The average Bonchev–Trinajstić information content (AvgIpc) is 2.65. The quantitative estimate of drug-likeness (QED) is 0.386. The zero-order valence-electron chi connectivity index (χ0n) is 14.4. The van der Waals surface area contributed by atoms with Crippen LogP contribution in [-0.4, -0.2) is 10.2 Å². The minimum Gasteiger partial charge on any atom is -0.585 e. The summed E-state index contributed by atoms with van der Waals surface area (Å²) in [5.41, 5.74) is 1.29. The van der Waals surface area contributed by atoms with E-state index < -0.39 is 10.5 Å². The third-order valence-corrected chi connectivity index (χ3v) is 3.71. The molecule has 27 heavy (non-hydrogen) atoms. The lowest BCUT2D eigenvalue weighted by atomic mass is 10.2. The zero-order chi connectivity index (χ0) is 19.4. The molecule has 0 heterocycles. The van der Waals surface area contributed by atoms with Crippen LogP contribution in [0.2, 0.25) is 0 Å². The molecule has 0 aliphatic carbocycles. The van der Waals surface area contributed by atoms with Crippen LogP contribution in [0.15, 0.2) is 66.7 Å². The number of aromatic hydroxyl groups is 2. The molecule has 0 radical (unpaired) electrons. The number of nitrogens with one attached hydrogen (secondary N) is 2. The summed E-state index contributed by atoms with van der Waals surface area (Å²) in [5, 5.41) is 41.9. The number of hydrogen-bond acceptors (Lipinski definition) is 6. The van der Waals surface area contributed by atoms with E-state index in [1.165, 1.54) is 54.6 Å². The van der Waals surface area contributed by atoms with Gasteiger partial charge >= 0.3 is 0 Å². The van der Waals surface area contributed by atoms with Crippen molar-refractivity contribution >= 4 is 11.4 Å². The maximum absolute atomic E-state index is 12.3. The Bertz CT molecular complexity index is 899. The highest BCUT2D eigenvalue weighted by Crippen LogP contribution is 2.26. The van der Waals surface area contributed by atoms with Crippen LogP contribution < -0.4 is 20.1 Å². The molecule has 2 unspecified atom stereocenters. The van der Waals surface area contributed by atoms with Crippen molar-refractivity contribution in [2.75, 3.05) is 0 Å². The van der Waals surface area contributed by atoms with E-state index >= 15 is 0 Å². The topological polar surface area (TPSA) is 114 Å². The van der Waals surface area contributed by atoms with E-state index in [0.717, 1.165) is 5.56 Å². The van der Waals surface area contributed by atoms with Crippen molar-refractivity contribution in [3.05, 3.63) is 82.7 Å². The van der Waals surface area contributed by atoms with Crippen LogP contribution in [-0.2, 0) is 0 Å². The standard InChI is InChI=1S/C19H18N2O6/c1-13-2-11-18(26-20(24)14-3-7-16(22)8-4-14)19(12-13)27-21(25)15-5-9-17(23)10-6-15/h2-12,20-23H,1H3. The van der Waals surface area contributed by atoms with Crippen LogP contribution in [0, 0.1) is 17.3 Å². The first kappa shape index (κ1) is 18.5. The molecule has 0 fully saturated rings. The Morgan fingerprint density at radius 1 is 0.667 bits per heavy atom. The lowest BCUT2D eigenvalue weighted by molar-refractivity contribution is -0.970. The Balaban J connectivity index is 1.80. The summed E-state index contributed by atoms with van der Waals surface area (Å²) < 4.78 is 0. The van der Waals surface area contributed by atoms with Crippen molar-refractivity contribution in [2.45, 2.75) is 6.92 Å². The molecule has 8 nitrogen and oxygen atoms in total. The van der Waals surface area contributed by atoms with Gasteiger partial charge in [-0.3, -0.25) is 0 Å². The minimum atomic E-state index is -0.652. The second kappa shape index (κ2) is 7.94. The van der Waals surface area contributed by atoms with Crippen LogP contribution >= 0.6 is 0 Å². The second-order valence-corrected chi connectivity index (χ2v) is 5.82. The molecule has 0 aliphatic rings. The summed E-state index contributed by atoms with van der Waals surface area (Å²) in [6, 6.07) is 16.0. The largest absolute Gasteiger partial charge is 0.585 e. The van der Waals surface area contributed by atoms with E-state index in [1.807, 2.05) is 6.92 Å². The number of aryl methyl sites for hydroxylation is 1. The van der Waals surface area contributed by atoms with E-state index in [9.17, 15) is 20.6 Å². The van der Waals surface area contributed by atoms with Crippen LogP contribution in [0.1, 0.15) is 5.56 Å². The zero-order valence-corrected chi connectivity index (χ0v) is 14.4. The molecule has 0 aliphatic heterocycles. The summed E-state index contributed by atoms with van der Waals surface area (Å²) in [6.07, 6.45) is 0. The van der Waals surface area contributed by atoms with Gasteiger partial charge < -0.3 is 30.3 Å². The highest BCUT2D eigenvalue weighted by molar-refractivity contribution is 5.43. The van der Waals surface area contributed by atoms with Gasteiger partial charge in [0.15, 0.2) is 11.4 Å². The molecule has 0 saturated heterocycles. The van der Waals surface area contributed by atoms with E-state index in [0.29, 0.717) is 0 Å². The molecule has 8 heteroatoms. The van der Waals surface area contributed by atoms with Gasteiger partial charge in [-0.05, 0) is 48.9 Å². The molecular weight excluding hydrogens is 352 g/mol. The Kier molecular flexibility index (Phi) is 5.43. The van der Waals surface area contributed by atoms with E-state index in [-0.39, 0.29) is 34.4 Å². The first-order valence-corrected chi connectivity index (χ1v) is 8.05. The van der Waals surface area contributed by atoms with Gasteiger partial charge in [0.05, 0.1) is 0 Å². The summed E-state index contributed by atoms with van der Waals surface area (Å²) >= 11 is 0.